The summed E-state index contributed by atoms with van der Waals surface area (Å²) in [5.74, 6) is -4.02. The van der Waals surface area contributed by atoms with Gasteiger partial charge in [-0.1, -0.05) is 12.1 Å². The number of nitrogens with one attached hydrogen (secondary N) is 2. The smallest absolute Gasteiger partial charge is 0.412 e. The van der Waals surface area contributed by atoms with Crippen LogP contribution >= 0.6 is 0 Å². The van der Waals surface area contributed by atoms with Crippen LogP contribution in [0, 0.1) is 17.6 Å². The Balaban J connectivity index is 1.73. The minimum absolute atomic E-state index is 0.137. The lowest BCUT2D eigenvalue weighted by molar-refractivity contribution is -0.148. The Morgan fingerprint density at radius 2 is 1.66 bits per heavy atom. The van der Waals surface area contributed by atoms with E-state index in [1.807, 2.05) is 4.90 Å². The number of nitrogens with zero attached hydrogens (tertiary/aromatic N) is 1. The Labute approximate surface area is 221 Å². The summed E-state index contributed by atoms with van der Waals surface area (Å²) < 4.78 is 40.5. The van der Waals surface area contributed by atoms with Gasteiger partial charge in [-0.3, -0.25) is 14.9 Å². The number of halogens is 2. The molecule has 10 heteroatoms. The summed E-state index contributed by atoms with van der Waals surface area (Å²) in [5.41, 5.74) is -0.0913. The zero-order valence-corrected chi connectivity index (χ0v) is 22.1. The third-order valence-corrected chi connectivity index (χ3v) is 5.81. The highest BCUT2D eigenvalue weighted by atomic mass is 19.1. The number of rotatable bonds is 7. The molecule has 0 saturated carbocycles. The summed E-state index contributed by atoms with van der Waals surface area (Å²) >= 11 is 0. The van der Waals surface area contributed by atoms with Gasteiger partial charge in [-0.2, -0.15) is 0 Å². The highest BCUT2D eigenvalue weighted by Crippen LogP contribution is 2.36. The summed E-state index contributed by atoms with van der Waals surface area (Å²) in [6, 6.07) is 8.79. The third kappa shape index (κ3) is 7.61. The molecule has 1 aliphatic heterocycles. The summed E-state index contributed by atoms with van der Waals surface area (Å²) in [6.45, 7) is 7.71. The van der Waals surface area contributed by atoms with Gasteiger partial charge in [0.15, 0.2) is 0 Å². The molecule has 2 amide bonds. The van der Waals surface area contributed by atoms with Crippen LogP contribution < -0.4 is 10.6 Å². The molecule has 204 valence electrons. The Bertz CT molecular complexity index is 1200. The normalized spacial score (nSPS) is 17.9. The van der Waals surface area contributed by atoms with E-state index in [1.54, 1.807) is 59.0 Å². The van der Waals surface area contributed by atoms with Crippen LogP contribution in [0.4, 0.5) is 25.0 Å². The predicted molar refractivity (Wildman–Crippen MR) is 141 cm³/mol. The predicted octanol–water partition coefficient (Wildman–Crippen LogP) is 5.17. The fourth-order valence-corrected chi connectivity index (χ4v) is 4.30. The molecule has 0 aromatic heterocycles. The molecular formula is C28H33F2N3O5. The number of esters is 1. The first-order chi connectivity index (χ1) is 17.9. The van der Waals surface area contributed by atoms with Crippen molar-refractivity contribution in [1.82, 2.24) is 4.90 Å². The molecule has 1 aliphatic rings. The maximum Gasteiger partial charge on any atom is 0.412 e. The van der Waals surface area contributed by atoms with Crippen molar-refractivity contribution in [3.05, 3.63) is 65.2 Å². The van der Waals surface area contributed by atoms with Crippen LogP contribution in [0.3, 0.4) is 0 Å². The molecule has 0 aliphatic carbocycles. The zero-order valence-electron chi connectivity index (χ0n) is 22.1. The second-order valence-electron chi connectivity index (χ2n) is 10.1. The highest BCUT2D eigenvalue weighted by Gasteiger charge is 2.40. The van der Waals surface area contributed by atoms with Crippen molar-refractivity contribution < 1.29 is 32.6 Å². The van der Waals surface area contributed by atoms with Crippen molar-refractivity contribution in [3.63, 3.8) is 0 Å². The van der Waals surface area contributed by atoms with Crippen molar-refractivity contribution in [2.45, 2.75) is 39.2 Å². The summed E-state index contributed by atoms with van der Waals surface area (Å²) in [7, 11) is 1.78. The number of para-hydroxylation sites is 2. The van der Waals surface area contributed by atoms with Crippen molar-refractivity contribution in [1.29, 1.82) is 0 Å². The zero-order chi connectivity index (χ0) is 28.0. The van der Waals surface area contributed by atoms with Gasteiger partial charge in [-0.15, -0.1) is 0 Å². The van der Waals surface area contributed by atoms with Gasteiger partial charge in [0.1, 0.15) is 17.2 Å². The molecule has 2 atom stereocenters. The van der Waals surface area contributed by atoms with Crippen molar-refractivity contribution >= 4 is 35.4 Å². The molecule has 3 rings (SSSR count). The second-order valence-corrected chi connectivity index (χ2v) is 10.1. The van der Waals surface area contributed by atoms with Gasteiger partial charge in [-0.05, 0) is 70.6 Å². The quantitative estimate of drug-likeness (QED) is 0.379. The van der Waals surface area contributed by atoms with E-state index in [4.69, 9.17) is 9.47 Å². The fourth-order valence-electron chi connectivity index (χ4n) is 4.30. The van der Waals surface area contributed by atoms with Gasteiger partial charge in [0, 0.05) is 30.6 Å². The maximum atomic E-state index is 15.1. The topological polar surface area (TPSA) is 97.0 Å². The monoisotopic (exact) mass is 529 g/mol. The van der Waals surface area contributed by atoms with Gasteiger partial charge >= 0.3 is 12.1 Å². The Hall–Kier alpha value is -3.79. The first-order valence-electron chi connectivity index (χ1n) is 12.3. The van der Waals surface area contributed by atoms with Crippen LogP contribution in [0.2, 0.25) is 0 Å². The van der Waals surface area contributed by atoms with Crippen LogP contribution in [-0.2, 0) is 19.1 Å². The van der Waals surface area contributed by atoms with Gasteiger partial charge in [-0.25, -0.2) is 13.6 Å². The molecule has 1 heterocycles. The molecule has 0 radical (unpaired) electrons. The van der Waals surface area contributed by atoms with Crippen LogP contribution in [0.1, 0.15) is 44.7 Å². The molecular weight excluding hydrogens is 496 g/mol. The van der Waals surface area contributed by atoms with Gasteiger partial charge in [0.05, 0.1) is 23.9 Å². The maximum absolute atomic E-state index is 15.1. The van der Waals surface area contributed by atoms with E-state index < -0.39 is 47.0 Å². The Kier molecular flexibility index (Phi) is 9.22. The number of likely N-dealkylation sites (N-methyl/N-ethyl adjacent to an activating group) is 1. The number of hydrogen-bond acceptors (Lipinski definition) is 6. The van der Waals surface area contributed by atoms with E-state index in [0.717, 1.165) is 18.2 Å². The molecule has 1 saturated heterocycles. The van der Waals surface area contributed by atoms with Gasteiger partial charge < -0.3 is 19.7 Å². The fraction of sp³-hybridized carbons (Fsp3) is 0.393. The number of carbonyl (C=O) groups excluding carboxylic acids is 3. The lowest BCUT2D eigenvalue weighted by Crippen LogP contribution is -2.27. The van der Waals surface area contributed by atoms with Crippen LogP contribution in [-0.4, -0.2) is 55.2 Å². The van der Waals surface area contributed by atoms with E-state index >= 15 is 8.78 Å². The molecule has 2 aromatic rings. The number of ether oxygens (including phenoxy) is 2. The number of likely N-dealkylation sites (tertiary alicyclic amines) is 1. The third-order valence-electron chi connectivity index (χ3n) is 5.81. The van der Waals surface area contributed by atoms with Crippen LogP contribution in [0.25, 0.3) is 6.08 Å². The average Bonchev–Trinajstić information content (AvgIpc) is 3.18. The minimum atomic E-state index is -0.799. The largest absolute Gasteiger partial charge is 0.466 e. The number of hydrogen-bond donors (Lipinski definition) is 2. The van der Waals surface area contributed by atoms with E-state index in [0.29, 0.717) is 24.5 Å². The van der Waals surface area contributed by atoms with E-state index in [-0.39, 0.29) is 17.7 Å². The Morgan fingerprint density at radius 1 is 1.05 bits per heavy atom. The van der Waals surface area contributed by atoms with Crippen LogP contribution in [0.15, 0.2) is 42.5 Å². The second kappa shape index (κ2) is 12.2. The number of carbonyl (C=O) groups is 3. The lowest BCUT2D eigenvalue weighted by Gasteiger charge is -2.20. The number of benzene rings is 2. The number of amides is 2. The first-order valence-corrected chi connectivity index (χ1v) is 12.3. The van der Waals surface area contributed by atoms with Gasteiger partial charge in [0.2, 0.25) is 5.91 Å². The van der Waals surface area contributed by atoms with Crippen LogP contribution in [0.5, 0.6) is 0 Å². The van der Waals surface area contributed by atoms with E-state index in [2.05, 4.69) is 10.6 Å². The van der Waals surface area contributed by atoms with Crippen molar-refractivity contribution in [3.8, 4) is 0 Å². The Morgan fingerprint density at radius 3 is 2.24 bits per heavy atom. The van der Waals surface area contributed by atoms with Crippen molar-refractivity contribution in [2.75, 3.05) is 37.4 Å². The lowest BCUT2D eigenvalue weighted by atomic mass is 9.87. The van der Waals surface area contributed by atoms with Crippen molar-refractivity contribution in [2.24, 2.45) is 5.92 Å². The molecule has 2 N–H and O–H groups in total. The van der Waals surface area contributed by atoms with Gasteiger partial charge in [0.25, 0.3) is 0 Å². The molecule has 0 bridgehead atoms. The molecule has 38 heavy (non-hydrogen) atoms. The summed E-state index contributed by atoms with van der Waals surface area (Å²) in [4.78, 5) is 38.8. The molecule has 2 aromatic carbocycles. The first kappa shape index (κ1) is 28.8. The van der Waals surface area contributed by atoms with E-state index in [9.17, 15) is 14.4 Å². The van der Waals surface area contributed by atoms with E-state index in [1.165, 1.54) is 6.08 Å². The minimum Gasteiger partial charge on any atom is -0.466 e. The standard InChI is InChI=1S/C28H33F2N3O5/c1-6-37-26(35)19-16-33(5)15-18(19)25-20(29)13-17(14-21(25)30)11-12-24(34)31-22-9-7-8-10-23(22)32-27(36)38-28(2,3)4/h7-14,18-19H,6,15-16H2,1-5H3,(H,31,34)(H,32,36)/b12-11+. The summed E-state index contributed by atoms with van der Waals surface area (Å²) in [5, 5.41) is 5.21. The highest BCUT2D eigenvalue weighted by molar-refractivity contribution is 6.05. The summed E-state index contributed by atoms with van der Waals surface area (Å²) in [6.07, 6.45) is 1.72. The SMILES string of the molecule is CCOC(=O)C1CN(C)CC1c1c(F)cc(/C=C/C(=O)Nc2ccccc2NC(=O)OC(C)(C)C)cc1F. The molecule has 1 fully saturated rings. The molecule has 2 unspecified atom stereocenters. The molecule has 0 spiro atoms. The molecule has 8 nitrogen and oxygen atoms in total. The average molecular weight is 530 g/mol. The number of anilines is 2.